The second-order valence-electron chi connectivity index (χ2n) is 4.68. The van der Waals surface area contributed by atoms with Crippen LogP contribution in [0.4, 0.5) is 0 Å². The van der Waals surface area contributed by atoms with Crippen molar-refractivity contribution < 1.29 is 24.1 Å². The summed E-state index contributed by atoms with van der Waals surface area (Å²) in [4.78, 5) is 0. The van der Waals surface area contributed by atoms with E-state index < -0.39 is 6.10 Å². The van der Waals surface area contributed by atoms with Gasteiger partial charge in [-0.05, 0) is 17.5 Å². The molecule has 0 spiro atoms. The van der Waals surface area contributed by atoms with Gasteiger partial charge in [0, 0.05) is 0 Å². The van der Waals surface area contributed by atoms with Gasteiger partial charge in [0.1, 0.15) is 12.9 Å². The van der Waals surface area contributed by atoms with E-state index in [1.54, 1.807) is 0 Å². The fourth-order valence-electron chi connectivity index (χ4n) is 1.74. The smallest absolute Gasteiger partial charge is 0.146 e. The van der Waals surface area contributed by atoms with Gasteiger partial charge in [-0.25, -0.2) is 0 Å². The highest BCUT2D eigenvalue weighted by Gasteiger charge is 2.12. The third-order valence-electron chi connectivity index (χ3n) is 2.91. The quantitative estimate of drug-likeness (QED) is 0.780. The van der Waals surface area contributed by atoms with Crippen molar-refractivity contribution >= 4 is 0 Å². The van der Waals surface area contributed by atoms with E-state index in [0.29, 0.717) is 39.6 Å². The molecule has 20 heavy (non-hydrogen) atoms. The molecule has 0 saturated carbocycles. The van der Waals surface area contributed by atoms with E-state index in [9.17, 15) is 5.11 Å². The van der Waals surface area contributed by atoms with E-state index in [4.69, 9.17) is 18.9 Å². The van der Waals surface area contributed by atoms with Crippen LogP contribution in [0.2, 0.25) is 0 Å². The summed E-state index contributed by atoms with van der Waals surface area (Å²) in [5, 5.41) is 9.26. The molecule has 1 aliphatic carbocycles. The van der Waals surface area contributed by atoms with Gasteiger partial charge in [-0.15, -0.1) is 0 Å². The van der Waals surface area contributed by atoms with Crippen molar-refractivity contribution in [3.8, 4) is 0 Å². The maximum Gasteiger partial charge on any atom is 0.146 e. The van der Waals surface area contributed by atoms with Crippen molar-refractivity contribution in [2.45, 2.75) is 12.5 Å². The molecule has 1 aliphatic heterocycles. The number of benzene rings is 1. The van der Waals surface area contributed by atoms with Gasteiger partial charge in [-0.2, -0.15) is 0 Å². The number of hydrogen-bond donors (Lipinski definition) is 1. The molecule has 1 aromatic carbocycles. The lowest BCUT2D eigenvalue weighted by Crippen LogP contribution is -2.25. The topological polar surface area (TPSA) is 57.2 Å². The molecule has 5 heteroatoms. The highest BCUT2D eigenvalue weighted by Crippen LogP contribution is 2.25. The Bertz CT molecular complexity index is 349. The minimum absolute atomic E-state index is 0.273. The van der Waals surface area contributed by atoms with Crippen molar-refractivity contribution in [2.24, 2.45) is 0 Å². The van der Waals surface area contributed by atoms with Crippen LogP contribution in [0.3, 0.4) is 0 Å². The Balaban J connectivity index is 0.000000173. The Kier molecular flexibility index (Phi) is 6.97. The predicted octanol–water partition coefficient (Wildman–Crippen LogP) is 0.976. The molecule has 1 fully saturated rings. The molecular formula is C15H22O5. The number of fused-ring (bicyclic) bond motifs is 1. The van der Waals surface area contributed by atoms with E-state index in [0.717, 1.165) is 0 Å². The molecule has 112 valence electrons. The van der Waals surface area contributed by atoms with Crippen LogP contribution in [0.1, 0.15) is 11.1 Å². The third-order valence-corrected chi connectivity index (χ3v) is 2.91. The minimum Gasteiger partial charge on any atom is -0.388 e. The van der Waals surface area contributed by atoms with Gasteiger partial charge in [0.05, 0.1) is 39.6 Å². The van der Waals surface area contributed by atoms with Gasteiger partial charge < -0.3 is 24.1 Å². The molecule has 2 aliphatic rings. The van der Waals surface area contributed by atoms with Crippen LogP contribution < -0.4 is 0 Å². The summed E-state index contributed by atoms with van der Waals surface area (Å²) < 4.78 is 20.3. The lowest BCUT2D eigenvalue weighted by molar-refractivity contribution is -0.105. The standard InChI is InChI=1S/C8H16O5.C7H6/c9-8-5-10-1-3-12-7-13-4-2-11-6-8;1-2-4-7-5-6(7)3-1/h8-9H,1-7H2;1-4H,5H2. The minimum atomic E-state index is -0.556. The summed E-state index contributed by atoms with van der Waals surface area (Å²) in [5.74, 6) is 0. The largest absolute Gasteiger partial charge is 0.388 e. The van der Waals surface area contributed by atoms with E-state index >= 15 is 0 Å². The number of aliphatic hydroxyl groups is 1. The van der Waals surface area contributed by atoms with Crippen molar-refractivity contribution in [3.63, 3.8) is 0 Å². The zero-order valence-corrected chi connectivity index (χ0v) is 11.6. The lowest BCUT2D eigenvalue weighted by atomic mass is 10.4. The van der Waals surface area contributed by atoms with Crippen LogP contribution in [-0.2, 0) is 25.4 Å². The average molecular weight is 282 g/mol. The average Bonchev–Trinajstić information content (AvgIpc) is 3.23. The second-order valence-corrected chi connectivity index (χ2v) is 4.68. The first-order chi connectivity index (χ1) is 9.86. The maximum atomic E-state index is 9.26. The molecule has 0 aromatic heterocycles. The molecule has 1 heterocycles. The van der Waals surface area contributed by atoms with E-state index in [1.807, 2.05) is 0 Å². The molecule has 1 N–H and O–H groups in total. The van der Waals surface area contributed by atoms with Crippen molar-refractivity contribution in [1.82, 2.24) is 0 Å². The maximum absolute atomic E-state index is 9.26. The fraction of sp³-hybridized carbons (Fsp3) is 0.600. The summed E-state index contributed by atoms with van der Waals surface area (Å²) in [6.45, 7) is 2.80. The van der Waals surface area contributed by atoms with Gasteiger partial charge in [-0.1, -0.05) is 24.3 Å². The molecular weight excluding hydrogens is 260 g/mol. The molecule has 0 amide bonds. The van der Waals surface area contributed by atoms with Crippen molar-refractivity contribution in [1.29, 1.82) is 0 Å². The molecule has 0 unspecified atom stereocenters. The van der Waals surface area contributed by atoms with Gasteiger partial charge in [0.2, 0.25) is 0 Å². The summed E-state index contributed by atoms with van der Waals surface area (Å²) >= 11 is 0. The van der Waals surface area contributed by atoms with Gasteiger partial charge in [0.25, 0.3) is 0 Å². The van der Waals surface area contributed by atoms with Crippen molar-refractivity contribution in [2.75, 3.05) is 46.4 Å². The molecule has 5 nitrogen and oxygen atoms in total. The van der Waals surface area contributed by atoms with E-state index in [1.165, 1.54) is 17.5 Å². The van der Waals surface area contributed by atoms with E-state index in [2.05, 4.69) is 24.3 Å². The Labute approximate surface area is 119 Å². The molecule has 0 radical (unpaired) electrons. The zero-order valence-electron chi connectivity index (χ0n) is 11.6. The molecule has 1 aromatic rings. The first-order valence-electron chi connectivity index (χ1n) is 6.92. The van der Waals surface area contributed by atoms with Crippen LogP contribution in [0, 0.1) is 0 Å². The summed E-state index contributed by atoms with van der Waals surface area (Å²) in [6.07, 6.45) is 0.687. The first kappa shape index (κ1) is 15.4. The number of hydrogen-bond acceptors (Lipinski definition) is 5. The first-order valence-corrected chi connectivity index (χ1v) is 6.92. The number of aliphatic hydroxyl groups excluding tert-OH is 1. The van der Waals surface area contributed by atoms with Gasteiger partial charge in [0.15, 0.2) is 0 Å². The molecule has 0 bridgehead atoms. The Hall–Kier alpha value is -0.980. The highest BCUT2D eigenvalue weighted by molar-refractivity contribution is 5.44. The van der Waals surface area contributed by atoms with Crippen LogP contribution in [0.5, 0.6) is 0 Å². The van der Waals surface area contributed by atoms with Gasteiger partial charge in [-0.3, -0.25) is 0 Å². The van der Waals surface area contributed by atoms with Crippen LogP contribution in [0.25, 0.3) is 0 Å². The highest BCUT2D eigenvalue weighted by atomic mass is 16.7. The normalized spacial score (nSPS) is 20.6. The third kappa shape index (κ3) is 6.45. The lowest BCUT2D eigenvalue weighted by Gasteiger charge is -2.13. The SMILES string of the molecule is OC1COCCOCOCCOC1.c1ccc2c(c1)C2. The monoisotopic (exact) mass is 282 g/mol. The number of rotatable bonds is 0. The van der Waals surface area contributed by atoms with E-state index in [-0.39, 0.29) is 6.79 Å². The molecule has 3 rings (SSSR count). The Morgan fingerprint density at radius 3 is 1.80 bits per heavy atom. The molecule has 0 atom stereocenters. The van der Waals surface area contributed by atoms with Crippen LogP contribution >= 0.6 is 0 Å². The summed E-state index contributed by atoms with van der Waals surface area (Å²) in [6, 6.07) is 8.53. The van der Waals surface area contributed by atoms with Crippen LogP contribution in [0.15, 0.2) is 24.3 Å². The Morgan fingerprint density at radius 1 is 0.800 bits per heavy atom. The zero-order chi connectivity index (χ0) is 14.0. The summed E-state index contributed by atoms with van der Waals surface area (Å²) in [5.41, 5.74) is 3.06. The predicted molar refractivity (Wildman–Crippen MR) is 73.7 cm³/mol. The second kappa shape index (κ2) is 9.05. The van der Waals surface area contributed by atoms with Crippen LogP contribution in [-0.4, -0.2) is 57.6 Å². The molecule has 1 saturated heterocycles. The van der Waals surface area contributed by atoms with Crippen molar-refractivity contribution in [3.05, 3.63) is 35.4 Å². The number of ether oxygens (including phenoxy) is 4. The van der Waals surface area contributed by atoms with Gasteiger partial charge >= 0.3 is 0 Å². The Morgan fingerprint density at radius 2 is 1.30 bits per heavy atom. The fourth-order valence-corrected chi connectivity index (χ4v) is 1.74. The summed E-state index contributed by atoms with van der Waals surface area (Å²) in [7, 11) is 0.